The van der Waals surface area contributed by atoms with Gasteiger partial charge in [-0.2, -0.15) is 0 Å². The number of amides is 1. The smallest absolute Gasteiger partial charge is 0.228 e. The number of halogens is 1. The summed E-state index contributed by atoms with van der Waals surface area (Å²) in [5.41, 5.74) is 2.27. The molecule has 1 amide bonds. The lowest BCUT2D eigenvalue weighted by Crippen LogP contribution is -2.14. The van der Waals surface area contributed by atoms with E-state index in [0.29, 0.717) is 10.7 Å². The summed E-state index contributed by atoms with van der Waals surface area (Å²) in [5.74, 6) is -0.113. The largest absolute Gasteiger partial charge is 0.506 e. The Bertz CT molecular complexity index is 594. The van der Waals surface area contributed by atoms with E-state index < -0.39 is 0 Å². The van der Waals surface area contributed by atoms with Gasteiger partial charge in [-0.05, 0) is 42.3 Å². The second kappa shape index (κ2) is 5.76. The molecule has 0 aliphatic heterocycles. The zero-order valence-electron chi connectivity index (χ0n) is 10.5. The van der Waals surface area contributed by atoms with Gasteiger partial charge in [0.1, 0.15) is 5.75 Å². The standard InChI is InChI=1S/C15H14ClNO2/c1-10-2-7-14(18)13(8-10)17-15(19)9-11-3-5-12(16)6-4-11/h2-8,18H,9H2,1H3,(H,17,19). The van der Waals surface area contributed by atoms with Crippen LogP contribution in [0, 0.1) is 6.92 Å². The van der Waals surface area contributed by atoms with Crippen LogP contribution in [0.3, 0.4) is 0 Å². The number of benzene rings is 2. The number of carbonyl (C=O) groups is 1. The topological polar surface area (TPSA) is 49.3 Å². The molecule has 2 aromatic carbocycles. The van der Waals surface area contributed by atoms with Crippen molar-refractivity contribution in [3.63, 3.8) is 0 Å². The van der Waals surface area contributed by atoms with Crippen molar-refractivity contribution >= 4 is 23.2 Å². The van der Waals surface area contributed by atoms with E-state index in [-0.39, 0.29) is 18.1 Å². The second-order valence-corrected chi connectivity index (χ2v) is 4.81. The van der Waals surface area contributed by atoms with Crippen LogP contribution < -0.4 is 5.32 Å². The van der Waals surface area contributed by atoms with E-state index in [1.807, 2.05) is 6.92 Å². The van der Waals surface area contributed by atoms with Crippen molar-refractivity contribution in [1.29, 1.82) is 0 Å². The van der Waals surface area contributed by atoms with Crippen LogP contribution in [0.2, 0.25) is 5.02 Å². The molecular formula is C15H14ClNO2. The van der Waals surface area contributed by atoms with Gasteiger partial charge in [0.25, 0.3) is 0 Å². The molecule has 4 heteroatoms. The van der Waals surface area contributed by atoms with Gasteiger partial charge in [0.05, 0.1) is 12.1 Å². The van der Waals surface area contributed by atoms with E-state index in [1.165, 1.54) is 0 Å². The molecule has 0 spiro atoms. The number of aromatic hydroxyl groups is 1. The first-order valence-corrected chi connectivity index (χ1v) is 6.26. The molecule has 0 unspecified atom stereocenters. The third-order valence-electron chi connectivity index (χ3n) is 2.70. The maximum Gasteiger partial charge on any atom is 0.228 e. The number of hydrogen-bond donors (Lipinski definition) is 2. The molecule has 0 saturated carbocycles. The molecule has 0 saturated heterocycles. The molecule has 0 aliphatic rings. The van der Waals surface area contributed by atoms with Crippen LogP contribution in [0.1, 0.15) is 11.1 Å². The van der Waals surface area contributed by atoms with E-state index in [0.717, 1.165) is 11.1 Å². The van der Waals surface area contributed by atoms with Crippen molar-refractivity contribution in [2.75, 3.05) is 5.32 Å². The molecule has 0 fully saturated rings. The number of hydrogen-bond acceptors (Lipinski definition) is 2. The first kappa shape index (κ1) is 13.4. The highest BCUT2D eigenvalue weighted by molar-refractivity contribution is 6.30. The van der Waals surface area contributed by atoms with Crippen molar-refractivity contribution in [2.45, 2.75) is 13.3 Å². The fraction of sp³-hybridized carbons (Fsp3) is 0.133. The third-order valence-corrected chi connectivity index (χ3v) is 2.96. The van der Waals surface area contributed by atoms with Crippen LogP contribution in [0.25, 0.3) is 0 Å². The summed E-state index contributed by atoms with van der Waals surface area (Å²) in [6.07, 6.45) is 0.241. The highest BCUT2D eigenvalue weighted by Crippen LogP contribution is 2.24. The molecule has 2 rings (SSSR count). The lowest BCUT2D eigenvalue weighted by atomic mass is 10.1. The molecule has 0 aliphatic carbocycles. The van der Waals surface area contributed by atoms with Gasteiger partial charge in [-0.25, -0.2) is 0 Å². The van der Waals surface area contributed by atoms with Gasteiger partial charge in [0, 0.05) is 5.02 Å². The number of phenols is 1. The molecule has 0 aromatic heterocycles. The molecule has 0 heterocycles. The Morgan fingerprint density at radius 2 is 1.89 bits per heavy atom. The van der Waals surface area contributed by atoms with Gasteiger partial charge in [-0.3, -0.25) is 4.79 Å². The summed E-state index contributed by atoms with van der Waals surface area (Å²) < 4.78 is 0. The summed E-state index contributed by atoms with van der Waals surface area (Å²) in [5, 5.41) is 13.0. The number of anilines is 1. The summed E-state index contributed by atoms with van der Waals surface area (Å²) in [4.78, 5) is 11.9. The average molecular weight is 276 g/mol. The Labute approximate surface area is 116 Å². The molecule has 3 nitrogen and oxygen atoms in total. The van der Waals surface area contributed by atoms with E-state index in [1.54, 1.807) is 42.5 Å². The van der Waals surface area contributed by atoms with Crippen molar-refractivity contribution in [3.8, 4) is 5.75 Å². The second-order valence-electron chi connectivity index (χ2n) is 4.37. The van der Waals surface area contributed by atoms with Crippen LogP contribution >= 0.6 is 11.6 Å². The van der Waals surface area contributed by atoms with E-state index in [9.17, 15) is 9.90 Å². The monoisotopic (exact) mass is 275 g/mol. The van der Waals surface area contributed by atoms with Gasteiger partial charge in [-0.1, -0.05) is 29.8 Å². The van der Waals surface area contributed by atoms with Crippen LogP contribution in [0.15, 0.2) is 42.5 Å². The van der Waals surface area contributed by atoms with Gasteiger partial charge < -0.3 is 10.4 Å². The fourth-order valence-corrected chi connectivity index (χ4v) is 1.86. The van der Waals surface area contributed by atoms with Crippen LogP contribution in [0.4, 0.5) is 5.69 Å². The molecular weight excluding hydrogens is 262 g/mol. The SMILES string of the molecule is Cc1ccc(O)c(NC(=O)Cc2ccc(Cl)cc2)c1. The fourth-order valence-electron chi connectivity index (χ4n) is 1.73. The quantitative estimate of drug-likeness (QED) is 0.842. The Hall–Kier alpha value is -2.00. The van der Waals surface area contributed by atoms with Gasteiger partial charge >= 0.3 is 0 Å². The molecule has 0 radical (unpaired) electrons. The first-order chi connectivity index (χ1) is 9.04. The van der Waals surface area contributed by atoms with E-state index in [2.05, 4.69) is 5.32 Å². The predicted octanol–water partition coefficient (Wildman–Crippen LogP) is 3.54. The average Bonchev–Trinajstić information content (AvgIpc) is 2.37. The molecule has 19 heavy (non-hydrogen) atoms. The lowest BCUT2D eigenvalue weighted by molar-refractivity contribution is -0.115. The van der Waals surface area contributed by atoms with Crippen LogP contribution in [-0.4, -0.2) is 11.0 Å². The number of aryl methyl sites for hydroxylation is 1. The van der Waals surface area contributed by atoms with E-state index in [4.69, 9.17) is 11.6 Å². The number of nitrogens with one attached hydrogen (secondary N) is 1. The first-order valence-electron chi connectivity index (χ1n) is 5.88. The highest BCUT2D eigenvalue weighted by atomic mass is 35.5. The molecule has 0 atom stereocenters. The van der Waals surface area contributed by atoms with Crippen LogP contribution in [-0.2, 0) is 11.2 Å². The zero-order chi connectivity index (χ0) is 13.8. The van der Waals surface area contributed by atoms with Crippen molar-refractivity contribution in [2.24, 2.45) is 0 Å². The van der Waals surface area contributed by atoms with Gasteiger partial charge in [0.15, 0.2) is 0 Å². The minimum atomic E-state index is -0.178. The third kappa shape index (κ3) is 3.73. The zero-order valence-corrected chi connectivity index (χ0v) is 11.2. The maximum absolute atomic E-state index is 11.9. The number of rotatable bonds is 3. The minimum absolute atomic E-state index is 0.0649. The molecule has 2 aromatic rings. The Balaban J connectivity index is 2.05. The highest BCUT2D eigenvalue weighted by Gasteiger charge is 2.07. The summed E-state index contributed by atoms with van der Waals surface area (Å²) in [6.45, 7) is 1.90. The molecule has 2 N–H and O–H groups in total. The lowest BCUT2D eigenvalue weighted by Gasteiger charge is -2.08. The van der Waals surface area contributed by atoms with Gasteiger partial charge in [-0.15, -0.1) is 0 Å². The Morgan fingerprint density at radius 3 is 2.58 bits per heavy atom. The Morgan fingerprint density at radius 1 is 1.21 bits per heavy atom. The normalized spacial score (nSPS) is 10.2. The predicted molar refractivity (Wildman–Crippen MR) is 76.6 cm³/mol. The van der Waals surface area contributed by atoms with E-state index >= 15 is 0 Å². The molecule has 0 bridgehead atoms. The van der Waals surface area contributed by atoms with Crippen LogP contribution in [0.5, 0.6) is 5.75 Å². The van der Waals surface area contributed by atoms with Gasteiger partial charge in [0.2, 0.25) is 5.91 Å². The summed E-state index contributed by atoms with van der Waals surface area (Å²) >= 11 is 5.78. The Kier molecular flexibility index (Phi) is 4.07. The minimum Gasteiger partial charge on any atom is -0.506 e. The summed E-state index contributed by atoms with van der Waals surface area (Å²) in [7, 11) is 0. The van der Waals surface area contributed by atoms with Crippen molar-refractivity contribution in [3.05, 3.63) is 58.6 Å². The number of carbonyl (C=O) groups excluding carboxylic acids is 1. The van der Waals surface area contributed by atoms with Crippen molar-refractivity contribution in [1.82, 2.24) is 0 Å². The summed E-state index contributed by atoms with van der Waals surface area (Å²) in [6, 6.07) is 12.2. The molecule has 98 valence electrons. The number of phenolic OH excluding ortho intramolecular Hbond substituents is 1. The maximum atomic E-state index is 11.9. The van der Waals surface area contributed by atoms with Crippen molar-refractivity contribution < 1.29 is 9.90 Å².